The zero-order valence-electron chi connectivity index (χ0n) is 13.1. The highest BCUT2D eigenvalue weighted by molar-refractivity contribution is 9.10. The maximum absolute atomic E-state index is 5.37. The van der Waals surface area contributed by atoms with Crippen molar-refractivity contribution < 1.29 is 9.47 Å². The number of nitrogens with one attached hydrogen (secondary N) is 1. The molecular formula is C16H26BrNO2. The van der Waals surface area contributed by atoms with Crippen LogP contribution in [0.25, 0.3) is 0 Å². The molecule has 0 heterocycles. The van der Waals surface area contributed by atoms with Crippen LogP contribution in [0.4, 0.5) is 0 Å². The second-order valence-corrected chi connectivity index (χ2v) is 5.91. The van der Waals surface area contributed by atoms with Crippen LogP contribution in [0.1, 0.15) is 39.2 Å². The molecule has 0 bridgehead atoms. The van der Waals surface area contributed by atoms with Gasteiger partial charge in [-0.3, -0.25) is 0 Å². The van der Waals surface area contributed by atoms with Gasteiger partial charge in [0.1, 0.15) is 0 Å². The van der Waals surface area contributed by atoms with Gasteiger partial charge >= 0.3 is 0 Å². The zero-order chi connectivity index (χ0) is 15.1. The van der Waals surface area contributed by atoms with Crippen molar-refractivity contribution in [3.63, 3.8) is 0 Å². The molecule has 3 nitrogen and oxygen atoms in total. The standard InChI is InChI=1S/C16H26BrNO2/c1-6-13(7-2)11(3)18-10-12-8-14(17)16(20-5)15(9-12)19-4/h8-9,11,13,18H,6-7,10H2,1-5H3. The lowest BCUT2D eigenvalue weighted by Crippen LogP contribution is -2.32. The third-order valence-electron chi connectivity index (χ3n) is 3.88. The first-order chi connectivity index (χ1) is 9.57. The van der Waals surface area contributed by atoms with E-state index in [4.69, 9.17) is 9.47 Å². The normalized spacial score (nSPS) is 12.6. The molecule has 0 aliphatic heterocycles. The van der Waals surface area contributed by atoms with Crippen LogP contribution in [0.3, 0.4) is 0 Å². The van der Waals surface area contributed by atoms with Crippen molar-refractivity contribution in [3.8, 4) is 11.5 Å². The van der Waals surface area contributed by atoms with E-state index in [0.717, 1.165) is 28.4 Å². The van der Waals surface area contributed by atoms with Gasteiger partial charge in [0.15, 0.2) is 11.5 Å². The van der Waals surface area contributed by atoms with Gasteiger partial charge in [-0.2, -0.15) is 0 Å². The fourth-order valence-electron chi connectivity index (χ4n) is 2.51. The van der Waals surface area contributed by atoms with Crippen molar-refractivity contribution in [1.82, 2.24) is 5.32 Å². The minimum absolute atomic E-state index is 0.511. The zero-order valence-corrected chi connectivity index (χ0v) is 14.7. The SMILES string of the molecule is CCC(CC)C(C)NCc1cc(Br)c(OC)c(OC)c1. The molecule has 20 heavy (non-hydrogen) atoms. The van der Waals surface area contributed by atoms with Crippen LogP contribution in [0.15, 0.2) is 16.6 Å². The predicted molar refractivity (Wildman–Crippen MR) is 87.6 cm³/mol. The van der Waals surface area contributed by atoms with Gasteiger partial charge < -0.3 is 14.8 Å². The van der Waals surface area contributed by atoms with Crippen molar-refractivity contribution in [2.24, 2.45) is 5.92 Å². The van der Waals surface area contributed by atoms with Crippen LogP contribution >= 0.6 is 15.9 Å². The highest BCUT2D eigenvalue weighted by Gasteiger charge is 2.14. The molecular weight excluding hydrogens is 318 g/mol. The van der Waals surface area contributed by atoms with E-state index in [1.54, 1.807) is 14.2 Å². The van der Waals surface area contributed by atoms with Crippen molar-refractivity contribution in [2.45, 2.75) is 46.2 Å². The molecule has 1 aromatic carbocycles. The molecule has 1 unspecified atom stereocenters. The van der Waals surface area contributed by atoms with Gasteiger partial charge in [0.2, 0.25) is 0 Å². The molecule has 1 aromatic rings. The molecule has 1 N–H and O–H groups in total. The Morgan fingerprint density at radius 3 is 2.30 bits per heavy atom. The van der Waals surface area contributed by atoms with Gasteiger partial charge in [-0.25, -0.2) is 0 Å². The van der Waals surface area contributed by atoms with Gasteiger partial charge in [0, 0.05) is 12.6 Å². The lowest BCUT2D eigenvalue weighted by atomic mass is 9.95. The second-order valence-electron chi connectivity index (χ2n) is 5.06. The highest BCUT2D eigenvalue weighted by Crippen LogP contribution is 2.36. The molecule has 0 aliphatic carbocycles. The topological polar surface area (TPSA) is 30.5 Å². The van der Waals surface area contributed by atoms with Crippen molar-refractivity contribution in [2.75, 3.05) is 14.2 Å². The van der Waals surface area contributed by atoms with E-state index in [1.165, 1.54) is 18.4 Å². The van der Waals surface area contributed by atoms with Crippen LogP contribution in [-0.4, -0.2) is 20.3 Å². The van der Waals surface area contributed by atoms with Crippen molar-refractivity contribution >= 4 is 15.9 Å². The minimum atomic E-state index is 0.511. The van der Waals surface area contributed by atoms with Crippen LogP contribution < -0.4 is 14.8 Å². The van der Waals surface area contributed by atoms with E-state index in [2.05, 4.69) is 48.1 Å². The van der Waals surface area contributed by atoms with E-state index < -0.39 is 0 Å². The first-order valence-electron chi connectivity index (χ1n) is 7.21. The molecule has 0 spiro atoms. The lowest BCUT2D eigenvalue weighted by molar-refractivity contribution is 0.347. The predicted octanol–water partition coefficient (Wildman–Crippen LogP) is 4.38. The average Bonchev–Trinajstić information content (AvgIpc) is 2.45. The number of halogens is 1. The largest absolute Gasteiger partial charge is 0.493 e. The van der Waals surface area contributed by atoms with Crippen molar-refractivity contribution in [1.29, 1.82) is 0 Å². The average molecular weight is 344 g/mol. The quantitative estimate of drug-likeness (QED) is 0.759. The Balaban J connectivity index is 2.76. The van der Waals surface area contributed by atoms with Crippen LogP contribution in [0.5, 0.6) is 11.5 Å². The van der Waals surface area contributed by atoms with Crippen molar-refractivity contribution in [3.05, 3.63) is 22.2 Å². The molecule has 0 saturated heterocycles. The Kier molecular flexibility index (Phi) is 7.38. The molecule has 0 saturated carbocycles. The van der Waals surface area contributed by atoms with Gasteiger partial charge in [0.25, 0.3) is 0 Å². The van der Waals surface area contributed by atoms with E-state index in [0.29, 0.717) is 6.04 Å². The van der Waals surface area contributed by atoms with Crippen LogP contribution in [0.2, 0.25) is 0 Å². The Morgan fingerprint density at radius 2 is 1.80 bits per heavy atom. The maximum Gasteiger partial charge on any atom is 0.174 e. The Hall–Kier alpha value is -0.740. The molecule has 0 fully saturated rings. The van der Waals surface area contributed by atoms with Gasteiger partial charge in [0.05, 0.1) is 18.7 Å². The summed E-state index contributed by atoms with van der Waals surface area (Å²) in [5.41, 5.74) is 1.19. The van der Waals surface area contributed by atoms with Gasteiger partial charge in [-0.15, -0.1) is 0 Å². The first kappa shape index (κ1) is 17.3. The number of rotatable bonds is 8. The number of ether oxygens (including phenoxy) is 2. The summed E-state index contributed by atoms with van der Waals surface area (Å²) in [6.07, 6.45) is 2.42. The van der Waals surface area contributed by atoms with Crippen LogP contribution in [-0.2, 0) is 6.54 Å². The molecule has 1 atom stereocenters. The third-order valence-corrected chi connectivity index (χ3v) is 4.47. The molecule has 0 aliphatic rings. The molecule has 0 aromatic heterocycles. The summed E-state index contributed by atoms with van der Waals surface area (Å²) < 4.78 is 11.6. The molecule has 0 amide bonds. The summed E-state index contributed by atoms with van der Waals surface area (Å²) in [5.74, 6) is 2.22. The Bertz CT molecular complexity index is 419. The summed E-state index contributed by atoms with van der Waals surface area (Å²) in [7, 11) is 3.31. The smallest absolute Gasteiger partial charge is 0.174 e. The summed E-state index contributed by atoms with van der Waals surface area (Å²) in [6.45, 7) is 7.59. The Labute approximate surface area is 131 Å². The van der Waals surface area contributed by atoms with E-state index in [1.807, 2.05) is 6.07 Å². The fourth-order valence-corrected chi connectivity index (χ4v) is 3.17. The first-order valence-corrected chi connectivity index (χ1v) is 8.00. The molecule has 1 rings (SSSR count). The third kappa shape index (κ3) is 4.38. The van der Waals surface area contributed by atoms with E-state index >= 15 is 0 Å². The van der Waals surface area contributed by atoms with Gasteiger partial charge in [-0.1, -0.05) is 26.7 Å². The monoisotopic (exact) mass is 343 g/mol. The highest BCUT2D eigenvalue weighted by atomic mass is 79.9. The molecule has 4 heteroatoms. The molecule has 0 radical (unpaired) electrons. The summed E-state index contributed by atoms with van der Waals surface area (Å²) in [4.78, 5) is 0. The number of benzene rings is 1. The second kappa shape index (κ2) is 8.53. The van der Waals surface area contributed by atoms with E-state index in [-0.39, 0.29) is 0 Å². The summed E-state index contributed by atoms with van der Waals surface area (Å²) in [5, 5.41) is 3.60. The number of hydrogen-bond acceptors (Lipinski definition) is 3. The number of hydrogen-bond donors (Lipinski definition) is 1. The van der Waals surface area contributed by atoms with Gasteiger partial charge in [-0.05, 0) is 46.5 Å². The minimum Gasteiger partial charge on any atom is -0.493 e. The fraction of sp³-hybridized carbons (Fsp3) is 0.625. The Morgan fingerprint density at radius 1 is 1.15 bits per heavy atom. The summed E-state index contributed by atoms with van der Waals surface area (Å²) >= 11 is 3.53. The molecule has 114 valence electrons. The number of methoxy groups -OCH3 is 2. The van der Waals surface area contributed by atoms with E-state index in [9.17, 15) is 0 Å². The van der Waals surface area contributed by atoms with Crippen LogP contribution in [0, 0.1) is 5.92 Å². The maximum atomic E-state index is 5.37. The lowest BCUT2D eigenvalue weighted by Gasteiger charge is -2.23. The summed E-state index contributed by atoms with van der Waals surface area (Å²) in [6, 6.07) is 4.61.